The summed E-state index contributed by atoms with van der Waals surface area (Å²) in [5, 5.41) is 5.39. The monoisotopic (exact) mass is 924 g/mol. The van der Waals surface area contributed by atoms with Gasteiger partial charge < -0.3 is 0 Å². The van der Waals surface area contributed by atoms with Crippen molar-refractivity contribution in [3.8, 4) is 22.3 Å². The number of rotatable bonds is 8. The van der Waals surface area contributed by atoms with Crippen LogP contribution in [0.25, 0.3) is 56.0 Å². The van der Waals surface area contributed by atoms with Gasteiger partial charge in [-0.25, -0.2) is 0 Å². The van der Waals surface area contributed by atoms with Crippen LogP contribution >= 0.6 is 24.8 Å². The third-order valence-electron chi connectivity index (χ3n) is 15.7. The van der Waals surface area contributed by atoms with Gasteiger partial charge in [0, 0.05) is 0 Å². The molecule has 310 valence electrons. The Hall–Kier alpha value is -3.00. The van der Waals surface area contributed by atoms with Crippen LogP contribution in [0.1, 0.15) is 120 Å². The number of benzene rings is 6. The van der Waals surface area contributed by atoms with Gasteiger partial charge in [0.05, 0.1) is 0 Å². The normalized spacial score (nSPS) is 20.7. The molecule has 0 spiro atoms. The maximum absolute atomic E-state index is 3.99. The van der Waals surface area contributed by atoms with Crippen LogP contribution in [0.2, 0.25) is 9.26 Å². The molecule has 0 nitrogen and oxygen atoms in total. The molecule has 0 saturated heterocycles. The van der Waals surface area contributed by atoms with E-state index in [2.05, 4.69) is 163 Å². The predicted octanol–water partition coefficient (Wildman–Crippen LogP) is 16.8. The van der Waals surface area contributed by atoms with Gasteiger partial charge in [-0.05, 0) is 0 Å². The Kier molecular flexibility index (Phi) is 12.1. The van der Waals surface area contributed by atoms with Crippen molar-refractivity contribution in [2.75, 3.05) is 0 Å². The van der Waals surface area contributed by atoms with Crippen molar-refractivity contribution in [3.05, 3.63) is 155 Å². The average molecular weight is 927 g/mol. The predicted molar refractivity (Wildman–Crippen MR) is 267 cm³/mol. The van der Waals surface area contributed by atoms with E-state index >= 15 is 0 Å². The first kappa shape index (κ1) is 43.6. The number of hydrogen-bond acceptors (Lipinski definition) is 0. The first-order chi connectivity index (χ1) is 28.0. The van der Waals surface area contributed by atoms with E-state index in [1.165, 1.54) is 132 Å². The molecular formula is C56H64Cl2SiZr. The molecule has 60 heavy (non-hydrogen) atoms. The van der Waals surface area contributed by atoms with Crippen LogP contribution in [-0.4, -0.2) is 6.88 Å². The molecule has 0 amide bonds. The summed E-state index contributed by atoms with van der Waals surface area (Å²) in [6, 6.07) is 46.7. The molecule has 0 heterocycles. The molecule has 0 aromatic heterocycles. The first-order valence-corrected chi connectivity index (χ1v) is 36.4. The minimum Gasteiger partial charge on any atom is -0.147 e. The van der Waals surface area contributed by atoms with Gasteiger partial charge in [0.2, 0.25) is 0 Å². The van der Waals surface area contributed by atoms with Crippen molar-refractivity contribution in [3.63, 3.8) is 0 Å². The quantitative estimate of drug-likeness (QED) is 0.133. The second kappa shape index (κ2) is 16.6. The van der Waals surface area contributed by atoms with Crippen LogP contribution in [-0.2, 0) is 17.4 Å². The summed E-state index contributed by atoms with van der Waals surface area (Å²) in [4.78, 5) is 0. The van der Waals surface area contributed by atoms with Crippen molar-refractivity contribution >= 4 is 65.4 Å². The third-order valence-corrected chi connectivity index (χ3v) is 33.2. The summed E-state index contributed by atoms with van der Waals surface area (Å²) < 4.78 is 6.82. The van der Waals surface area contributed by atoms with Crippen molar-refractivity contribution in [2.45, 2.75) is 107 Å². The molecule has 4 heteroatoms. The molecule has 2 saturated carbocycles. The zero-order valence-electron chi connectivity index (χ0n) is 36.4. The van der Waals surface area contributed by atoms with Gasteiger partial charge in [-0.2, -0.15) is 0 Å². The first-order valence-electron chi connectivity index (χ1n) is 22.7. The van der Waals surface area contributed by atoms with Gasteiger partial charge in [0.1, 0.15) is 0 Å². The van der Waals surface area contributed by atoms with E-state index in [0.717, 1.165) is 0 Å². The fraction of sp³-hybridized carbons (Fsp3) is 0.357. The summed E-state index contributed by atoms with van der Waals surface area (Å²) in [5.74, 6) is 0. The maximum atomic E-state index is 2.91. The molecule has 2 atom stereocenters. The van der Waals surface area contributed by atoms with Crippen molar-refractivity contribution in [1.29, 1.82) is 0 Å². The van der Waals surface area contributed by atoms with E-state index in [-0.39, 0.29) is 24.8 Å². The molecule has 4 aliphatic carbocycles. The Morgan fingerprint density at radius 2 is 0.817 bits per heavy atom. The minimum atomic E-state index is -3.99. The van der Waals surface area contributed by atoms with Crippen molar-refractivity contribution in [2.24, 2.45) is 10.8 Å². The molecule has 2 unspecified atom stereocenters. The average Bonchev–Trinajstić information content (AvgIpc) is 3.79. The van der Waals surface area contributed by atoms with Gasteiger partial charge in [0.25, 0.3) is 0 Å². The van der Waals surface area contributed by atoms with Crippen LogP contribution in [0.3, 0.4) is 0 Å². The molecular weight excluding hydrogens is 863 g/mol. The second-order valence-corrected chi connectivity index (χ2v) is 51.5. The van der Waals surface area contributed by atoms with Crippen molar-refractivity contribution < 1.29 is 17.4 Å². The minimum absolute atomic E-state index is 0. The Labute approximate surface area is 375 Å². The molecule has 6 aromatic rings. The molecule has 0 radical (unpaired) electrons. The summed E-state index contributed by atoms with van der Waals surface area (Å²) in [7, 11) is 0. The summed E-state index contributed by atoms with van der Waals surface area (Å²) in [6.45, 7) is 7.85. The molecule has 10 rings (SSSR count). The fourth-order valence-electron chi connectivity index (χ4n) is 13.2. The fourth-order valence-corrected chi connectivity index (χ4v) is 32.9. The molecule has 0 N–H and O–H groups in total. The van der Waals surface area contributed by atoms with Gasteiger partial charge in [-0.3, -0.25) is 0 Å². The Morgan fingerprint density at radius 3 is 1.23 bits per heavy atom. The van der Waals surface area contributed by atoms with E-state index in [9.17, 15) is 0 Å². The number of halogens is 2. The largest absolute Gasteiger partial charge is 0.147 e. The van der Waals surface area contributed by atoms with Crippen LogP contribution in [0.15, 0.2) is 132 Å². The molecule has 0 aliphatic heterocycles. The summed E-state index contributed by atoms with van der Waals surface area (Å²) in [5.41, 5.74) is 16.2. The molecule has 6 aromatic carbocycles. The van der Waals surface area contributed by atoms with Crippen LogP contribution in [0, 0.1) is 10.8 Å². The van der Waals surface area contributed by atoms with Gasteiger partial charge >= 0.3 is 353 Å². The van der Waals surface area contributed by atoms with Crippen molar-refractivity contribution in [1.82, 2.24) is 0 Å². The van der Waals surface area contributed by atoms with Gasteiger partial charge in [-0.15, -0.1) is 24.8 Å². The van der Waals surface area contributed by atoms with E-state index in [0.29, 0.717) is 18.1 Å². The Morgan fingerprint density at radius 1 is 0.467 bits per heavy atom. The maximum Gasteiger partial charge on any atom is -0.147 e. The Balaban J connectivity index is 0.00000249. The van der Waals surface area contributed by atoms with Gasteiger partial charge in [-0.1, -0.05) is 0 Å². The van der Waals surface area contributed by atoms with Crippen LogP contribution in [0.5, 0.6) is 0 Å². The van der Waals surface area contributed by atoms with E-state index in [1.54, 1.807) is 22.3 Å². The SMILES string of the molecule is CC1(CC2=Cc3c(-c4cccc5ccccc45)cccc3[CH]2[Zr]([CH3])([CH3])(=[SiH2])[CH]2C(CC3(C)CCCCC3)=Cc3c(-c4cccc5ccccc45)cccc32)CCCCC1.Cl.Cl. The standard InChI is InChI=1S/2C27H27.2CH3.2ClH.H2Si.Zr/c2*1-27(15-5-2-6-16-27)19-20-17-22-11-8-14-25(26(22)18-20)24-13-7-10-21-9-3-4-12-23(21)24;;;;;;/h2*3-4,7-14,17-18H,2,5-6,15-16,19H2,1H3;2*1H3;2*1H;1H2;. The topological polar surface area (TPSA) is 0 Å². The number of allylic oxidation sites excluding steroid dienone is 2. The second-order valence-electron chi connectivity index (χ2n) is 21.0. The Bertz CT molecular complexity index is 2530. The van der Waals surface area contributed by atoms with E-state index < -0.39 is 17.4 Å². The number of hydrogen-bond donors (Lipinski definition) is 0. The zero-order chi connectivity index (χ0) is 39.7. The summed E-state index contributed by atoms with van der Waals surface area (Å²) >= 11 is -3.99. The van der Waals surface area contributed by atoms with E-state index in [4.69, 9.17) is 0 Å². The third kappa shape index (κ3) is 7.63. The van der Waals surface area contributed by atoms with Crippen LogP contribution in [0.4, 0.5) is 0 Å². The molecule has 2 fully saturated rings. The van der Waals surface area contributed by atoms with Crippen LogP contribution < -0.4 is 0 Å². The smallest absolute Gasteiger partial charge is 0.147 e. The zero-order valence-corrected chi connectivity index (χ0v) is 41.9. The molecule has 0 bridgehead atoms. The summed E-state index contributed by atoms with van der Waals surface area (Å²) in [6.07, 6.45) is 21.7. The molecule has 4 aliphatic rings. The van der Waals surface area contributed by atoms with E-state index in [1.807, 2.05) is 0 Å². The number of fused-ring (bicyclic) bond motifs is 4. The van der Waals surface area contributed by atoms with Gasteiger partial charge in [0.15, 0.2) is 0 Å².